The monoisotopic (exact) mass is 199 g/mol. The number of rotatable bonds is 4. The number of amidine groups is 2. The molecule has 7 heteroatoms. The molecule has 1 aliphatic heterocycles. The minimum absolute atomic E-state index is 0.481. The number of aliphatic imine (C=N–C) groups is 2. The summed E-state index contributed by atoms with van der Waals surface area (Å²) in [5.41, 5.74) is 16.5. The molecule has 0 aromatic carbocycles. The van der Waals surface area contributed by atoms with Crippen LogP contribution in [-0.2, 0) is 0 Å². The first-order valence-electron chi connectivity index (χ1n) is 4.53. The van der Waals surface area contributed by atoms with Crippen LogP contribution in [0.25, 0.3) is 0 Å². The van der Waals surface area contributed by atoms with Gasteiger partial charge in [0, 0.05) is 12.8 Å². The molecule has 7 nitrogen and oxygen atoms in total. The first-order valence-corrected chi connectivity index (χ1v) is 4.53. The van der Waals surface area contributed by atoms with Crippen LogP contribution in [-0.4, -0.2) is 36.1 Å². The third kappa shape index (κ3) is 2.48. The van der Waals surface area contributed by atoms with Gasteiger partial charge in [0.1, 0.15) is 11.7 Å². The Balaban J connectivity index is 2.75. The van der Waals surface area contributed by atoms with E-state index in [1.807, 2.05) is 0 Å². The molecule has 0 aliphatic carbocycles. The highest BCUT2D eigenvalue weighted by Crippen LogP contribution is 2.05. The van der Waals surface area contributed by atoms with Crippen molar-refractivity contribution in [1.29, 1.82) is 0 Å². The van der Waals surface area contributed by atoms with Gasteiger partial charge in [-0.25, -0.2) is 15.8 Å². The van der Waals surface area contributed by atoms with Crippen LogP contribution in [0.3, 0.4) is 0 Å². The fraction of sp³-hybridized carbons (Fsp3) is 0.714. The first-order chi connectivity index (χ1) is 6.69. The zero-order valence-electron chi connectivity index (χ0n) is 8.06. The van der Waals surface area contributed by atoms with Crippen LogP contribution < -0.4 is 23.0 Å². The van der Waals surface area contributed by atoms with E-state index in [2.05, 4.69) is 9.98 Å². The van der Waals surface area contributed by atoms with Crippen molar-refractivity contribution in [3.63, 3.8) is 0 Å². The Morgan fingerprint density at radius 1 is 1.21 bits per heavy atom. The van der Waals surface area contributed by atoms with Crippen LogP contribution in [0.2, 0.25) is 0 Å². The molecule has 0 aromatic heterocycles. The van der Waals surface area contributed by atoms with E-state index in [0.29, 0.717) is 37.6 Å². The van der Waals surface area contributed by atoms with Gasteiger partial charge in [-0.1, -0.05) is 0 Å². The molecule has 0 saturated heterocycles. The summed E-state index contributed by atoms with van der Waals surface area (Å²) >= 11 is 0. The maximum atomic E-state index is 5.67. The number of hydrogen-bond acceptors (Lipinski definition) is 7. The van der Waals surface area contributed by atoms with Crippen molar-refractivity contribution in [2.24, 2.45) is 33.0 Å². The lowest BCUT2D eigenvalue weighted by Gasteiger charge is -2.28. The van der Waals surface area contributed by atoms with Crippen molar-refractivity contribution in [3.8, 4) is 0 Å². The summed E-state index contributed by atoms with van der Waals surface area (Å²) in [5, 5.41) is 1.33. The van der Waals surface area contributed by atoms with E-state index in [4.69, 9.17) is 23.0 Å². The Bertz CT molecular complexity index is 246. The van der Waals surface area contributed by atoms with Crippen molar-refractivity contribution < 1.29 is 0 Å². The van der Waals surface area contributed by atoms with Crippen LogP contribution in [0.5, 0.6) is 0 Å². The minimum atomic E-state index is -0.574. The van der Waals surface area contributed by atoms with E-state index in [-0.39, 0.29) is 0 Å². The molecule has 1 unspecified atom stereocenters. The molecule has 0 fully saturated rings. The highest BCUT2D eigenvalue weighted by Gasteiger charge is 2.19. The number of hydrazine groups is 1. The van der Waals surface area contributed by atoms with Crippen LogP contribution in [0.15, 0.2) is 9.98 Å². The molecule has 14 heavy (non-hydrogen) atoms. The highest BCUT2D eigenvalue weighted by atomic mass is 15.5. The van der Waals surface area contributed by atoms with E-state index in [9.17, 15) is 0 Å². The normalized spacial score (nSPS) is 22.0. The third-order valence-corrected chi connectivity index (χ3v) is 1.86. The van der Waals surface area contributed by atoms with E-state index < -0.39 is 6.29 Å². The van der Waals surface area contributed by atoms with Gasteiger partial charge >= 0.3 is 0 Å². The van der Waals surface area contributed by atoms with E-state index in [0.717, 1.165) is 0 Å². The van der Waals surface area contributed by atoms with Gasteiger partial charge in [-0.15, -0.1) is 0 Å². The van der Waals surface area contributed by atoms with Gasteiger partial charge in [-0.2, -0.15) is 0 Å². The summed E-state index contributed by atoms with van der Waals surface area (Å²) in [4.78, 5) is 8.29. The molecule has 80 valence electrons. The second-order valence-electron chi connectivity index (χ2n) is 2.97. The lowest BCUT2D eigenvalue weighted by atomic mass is 10.3. The average Bonchev–Trinajstić information content (AvgIpc) is 2.14. The maximum absolute atomic E-state index is 5.67. The smallest absolute Gasteiger partial charge is 0.190 e. The first kappa shape index (κ1) is 11.1. The Kier molecular flexibility index (Phi) is 3.96. The zero-order chi connectivity index (χ0) is 10.6. The summed E-state index contributed by atoms with van der Waals surface area (Å²) in [6.07, 6.45) is 0.624. The fourth-order valence-electron chi connectivity index (χ4n) is 1.17. The van der Waals surface area contributed by atoms with Crippen LogP contribution in [0.1, 0.15) is 12.8 Å². The Labute approximate surface area is 82.8 Å². The molecule has 1 heterocycles. The topological polar surface area (TPSA) is 132 Å². The van der Waals surface area contributed by atoms with Gasteiger partial charge < -0.3 is 11.5 Å². The summed E-state index contributed by atoms with van der Waals surface area (Å²) in [5.74, 6) is 6.96. The molecule has 0 spiro atoms. The van der Waals surface area contributed by atoms with Crippen molar-refractivity contribution in [3.05, 3.63) is 0 Å². The number of nitrogens with zero attached hydrogens (tertiary/aromatic N) is 3. The standard InChI is InChI=1S/C7H17N7/c8-3-1-5-12-6(2-4-9)14(11)7(10)13-5/h7H,1-4,8-11H2. The third-order valence-electron chi connectivity index (χ3n) is 1.86. The molecule has 0 amide bonds. The van der Waals surface area contributed by atoms with E-state index in [1.165, 1.54) is 5.01 Å². The van der Waals surface area contributed by atoms with Crippen molar-refractivity contribution in [2.45, 2.75) is 19.1 Å². The molecule has 0 saturated carbocycles. The number of nitrogens with two attached hydrogens (primary N) is 4. The summed E-state index contributed by atoms with van der Waals surface area (Å²) in [6.45, 7) is 0.977. The Hall–Kier alpha value is -1.02. The van der Waals surface area contributed by atoms with Gasteiger partial charge in [0.15, 0.2) is 6.29 Å². The maximum Gasteiger partial charge on any atom is 0.190 e. The van der Waals surface area contributed by atoms with Crippen LogP contribution in [0.4, 0.5) is 0 Å². The fourth-order valence-corrected chi connectivity index (χ4v) is 1.17. The van der Waals surface area contributed by atoms with E-state index in [1.54, 1.807) is 0 Å². The molecule has 8 N–H and O–H groups in total. The second kappa shape index (κ2) is 5.01. The zero-order valence-corrected chi connectivity index (χ0v) is 8.06. The quantitative estimate of drug-likeness (QED) is 0.385. The molecule has 0 radical (unpaired) electrons. The SMILES string of the molecule is NCCC1=NC(N)N(N)C(CCN)=N1. The van der Waals surface area contributed by atoms with Crippen molar-refractivity contribution >= 4 is 11.7 Å². The van der Waals surface area contributed by atoms with Gasteiger partial charge in [-0.3, -0.25) is 10.7 Å². The second-order valence-corrected chi connectivity index (χ2v) is 2.97. The van der Waals surface area contributed by atoms with Gasteiger partial charge in [0.25, 0.3) is 0 Å². The highest BCUT2D eigenvalue weighted by molar-refractivity contribution is 5.98. The Morgan fingerprint density at radius 2 is 1.86 bits per heavy atom. The number of hydrogen-bond donors (Lipinski definition) is 4. The lowest BCUT2D eigenvalue weighted by Crippen LogP contribution is -2.52. The molecular formula is C7H17N7. The van der Waals surface area contributed by atoms with Gasteiger partial charge in [0.2, 0.25) is 0 Å². The van der Waals surface area contributed by atoms with Gasteiger partial charge in [0.05, 0.1) is 0 Å². The average molecular weight is 199 g/mol. The summed E-state index contributed by atoms with van der Waals surface area (Å²) in [7, 11) is 0. The molecule has 1 atom stereocenters. The molecular weight excluding hydrogens is 182 g/mol. The Morgan fingerprint density at radius 3 is 2.43 bits per heavy atom. The van der Waals surface area contributed by atoms with Crippen molar-refractivity contribution in [1.82, 2.24) is 5.01 Å². The summed E-state index contributed by atoms with van der Waals surface area (Å²) < 4.78 is 0. The predicted octanol–water partition coefficient (Wildman–Crippen LogP) is -2.09. The predicted molar refractivity (Wildman–Crippen MR) is 56.2 cm³/mol. The molecule has 0 aromatic rings. The molecule has 1 rings (SSSR count). The summed E-state index contributed by atoms with van der Waals surface area (Å²) in [6, 6.07) is 0. The van der Waals surface area contributed by atoms with Crippen LogP contribution in [0, 0.1) is 0 Å². The molecule has 1 aliphatic rings. The lowest BCUT2D eigenvalue weighted by molar-refractivity contribution is 0.325. The molecule has 0 bridgehead atoms. The largest absolute Gasteiger partial charge is 0.330 e. The van der Waals surface area contributed by atoms with E-state index >= 15 is 0 Å². The van der Waals surface area contributed by atoms with Crippen molar-refractivity contribution in [2.75, 3.05) is 13.1 Å². The van der Waals surface area contributed by atoms with Crippen LogP contribution >= 0.6 is 0 Å². The minimum Gasteiger partial charge on any atom is -0.330 e. The van der Waals surface area contributed by atoms with Gasteiger partial charge in [-0.05, 0) is 13.1 Å².